The first kappa shape index (κ1) is 38.6. The Morgan fingerprint density at radius 2 is 1.43 bits per heavy atom. The fourth-order valence-electron chi connectivity index (χ4n) is 5.40. The van der Waals surface area contributed by atoms with Crippen LogP contribution in [0.1, 0.15) is 62.1 Å². The molecule has 14 heteroatoms. The zero-order valence-electron chi connectivity index (χ0n) is 29.6. The molecule has 0 spiro atoms. The zero-order chi connectivity index (χ0) is 36.9. The number of carbonyl (C=O) groups excluding carboxylic acids is 3. The molecule has 2 aromatic carbocycles. The summed E-state index contributed by atoms with van der Waals surface area (Å²) in [4.78, 5) is 49.6. The number of urea groups is 1. The first-order valence-electron chi connectivity index (χ1n) is 16.9. The third-order valence-corrected chi connectivity index (χ3v) is 8.27. The van der Waals surface area contributed by atoms with Gasteiger partial charge in [-0.25, -0.2) is 19.6 Å². The fraction of sp³-hybridized carbons (Fsp3) is 0.432. The third-order valence-electron chi connectivity index (χ3n) is 8.27. The van der Waals surface area contributed by atoms with Crippen molar-refractivity contribution >= 4 is 18.0 Å². The average Bonchev–Trinajstić information content (AvgIpc) is 3.82. The molecule has 0 radical (unpaired) electrons. The largest absolute Gasteiger partial charge is 0.448 e. The Hall–Kier alpha value is -5.21. The number of aliphatic hydroxyl groups is 2. The molecular formula is C37H48N6O8. The van der Waals surface area contributed by atoms with E-state index in [9.17, 15) is 24.6 Å². The smallest absolute Gasteiger partial charge is 0.407 e. The fourth-order valence-corrected chi connectivity index (χ4v) is 5.40. The van der Waals surface area contributed by atoms with Gasteiger partial charge in [-0.15, -0.1) is 0 Å². The van der Waals surface area contributed by atoms with Crippen LogP contribution < -0.4 is 16.0 Å². The number of carbonyl (C=O) groups is 3. The lowest BCUT2D eigenvalue weighted by molar-refractivity contribution is -0.126. The molecule has 5 atom stereocenters. The van der Waals surface area contributed by atoms with Gasteiger partial charge in [0.2, 0.25) is 5.91 Å². The van der Waals surface area contributed by atoms with Gasteiger partial charge in [0.25, 0.3) is 0 Å². The summed E-state index contributed by atoms with van der Waals surface area (Å²) < 4.78 is 15.9. The van der Waals surface area contributed by atoms with Gasteiger partial charge < -0.3 is 44.6 Å². The number of nitrogens with one attached hydrogen (secondary N) is 3. The molecule has 14 nitrogen and oxygen atoms in total. The number of rotatable bonds is 17. The second-order valence-corrected chi connectivity index (χ2v) is 13.1. The molecule has 4 aromatic rings. The first-order valence-corrected chi connectivity index (χ1v) is 16.9. The lowest BCUT2D eigenvalue weighted by Crippen LogP contribution is -2.60. The highest BCUT2D eigenvalue weighted by molar-refractivity contribution is 5.87. The van der Waals surface area contributed by atoms with Gasteiger partial charge in [0, 0.05) is 13.0 Å². The Bertz CT molecular complexity index is 1650. The van der Waals surface area contributed by atoms with Crippen LogP contribution in [-0.2, 0) is 35.5 Å². The highest BCUT2D eigenvalue weighted by Crippen LogP contribution is 2.17. The molecule has 0 aliphatic rings. The Balaban J connectivity index is 1.50. The summed E-state index contributed by atoms with van der Waals surface area (Å²) >= 11 is 0. The van der Waals surface area contributed by atoms with E-state index in [1.165, 1.54) is 23.8 Å². The van der Waals surface area contributed by atoms with Crippen molar-refractivity contribution in [3.63, 3.8) is 0 Å². The van der Waals surface area contributed by atoms with E-state index in [0.717, 1.165) is 11.1 Å². The summed E-state index contributed by atoms with van der Waals surface area (Å²) in [6.45, 7) is 7.46. The predicted octanol–water partition coefficient (Wildman–Crippen LogP) is 3.94. The summed E-state index contributed by atoms with van der Waals surface area (Å²) in [6, 6.07) is 14.8. The van der Waals surface area contributed by atoms with E-state index in [1.54, 1.807) is 20.9 Å². The Kier molecular flexibility index (Phi) is 14.1. The Morgan fingerprint density at radius 1 is 0.843 bits per heavy atom. The van der Waals surface area contributed by atoms with Crippen molar-refractivity contribution in [3.8, 4) is 0 Å². The number of nitrogens with zero attached hydrogens (tertiary/aromatic N) is 3. The van der Waals surface area contributed by atoms with Crippen LogP contribution >= 0.6 is 0 Å². The van der Waals surface area contributed by atoms with E-state index >= 15 is 0 Å². The normalized spacial score (nSPS) is 14.3. The number of benzene rings is 2. The average molecular weight is 705 g/mol. The van der Waals surface area contributed by atoms with E-state index < -0.39 is 48.4 Å². The van der Waals surface area contributed by atoms with Gasteiger partial charge in [-0.3, -0.25) is 4.79 Å². The van der Waals surface area contributed by atoms with Crippen molar-refractivity contribution in [3.05, 3.63) is 108 Å². The van der Waals surface area contributed by atoms with Gasteiger partial charge in [-0.2, -0.15) is 0 Å². The van der Waals surface area contributed by atoms with E-state index in [1.807, 2.05) is 74.5 Å². The maximum Gasteiger partial charge on any atom is 0.407 e. The number of amides is 4. The van der Waals surface area contributed by atoms with Gasteiger partial charge in [0.1, 0.15) is 24.5 Å². The Morgan fingerprint density at radius 3 is 1.94 bits per heavy atom. The number of alkyl carbamates (subject to hydrolysis) is 1. The van der Waals surface area contributed by atoms with Crippen LogP contribution in [0, 0.1) is 5.92 Å². The minimum Gasteiger partial charge on any atom is -0.448 e. The quantitative estimate of drug-likeness (QED) is 0.108. The van der Waals surface area contributed by atoms with Crippen LogP contribution in [0.4, 0.5) is 9.59 Å². The highest BCUT2D eigenvalue weighted by Gasteiger charge is 2.36. The maximum absolute atomic E-state index is 13.9. The molecule has 0 aliphatic heterocycles. The van der Waals surface area contributed by atoms with Crippen LogP contribution in [0.3, 0.4) is 0 Å². The molecular weight excluding hydrogens is 656 g/mol. The molecule has 0 bridgehead atoms. The van der Waals surface area contributed by atoms with Crippen molar-refractivity contribution < 1.29 is 38.2 Å². The lowest BCUT2D eigenvalue weighted by Gasteiger charge is -2.34. The van der Waals surface area contributed by atoms with Gasteiger partial charge >= 0.3 is 12.1 Å². The molecule has 5 N–H and O–H groups in total. The number of hydrogen-bond donors (Lipinski definition) is 5. The lowest BCUT2D eigenvalue weighted by atomic mass is 9.90. The number of ether oxygens (including phenoxy) is 1. The molecule has 4 rings (SSSR count). The molecule has 2 aromatic heterocycles. The van der Waals surface area contributed by atoms with Crippen molar-refractivity contribution in [2.75, 3.05) is 7.05 Å². The second-order valence-electron chi connectivity index (χ2n) is 13.1. The van der Waals surface area contributed by atoms with Gasteiger partial charge in [-0.05, 0) is 29.9 Å². The van der Waals surface area contributed by atoms with Gasteiger partial charge in [0.05, 0.1) is 30.5 Å². The van der Waals surface area contributed by atoms with E-state index in [0.29, 0.717) is 17.3 Å². The van der Waals surface area contributed by atoms with Crippen LogP contribution in [0.25, 0.3) is 0 Å². The SMILES string of the molecule is CC(C)c1nc(CN(C)C(=O)N[C@H](C(=O)N[C@@H](Cc2ccccc2)[C@@H](O)[C@H](O)[C@H](Cc2ccccc2)NC(=O)OCc2cnco2)C(C)C)co1. The standard InChI is InChI=1S/C37H48N6O8/c1-23(2)31(42-36(47)43(5)19-27-20-49-35(39-27)24(3)4)34(46)40-29(16-25-12-8-6-9-13-25)32(44)33(45)30(17-26-14-10-7-11-15-26)41-37(48)50-21-28-18-38-22-51-28/h6-15,18,20,22-24,29-33,44-45H,16-17,19,21H2,1-5H3,(H,40,46)(H,41,48)(H,42,47)/t29-,30-,31-,32+,33+/m0/s1. The van der Waals surface area contributed by atoms with Gasteiger partial charge in [-0.1, -0.05) is 88.4 Å². The third kappa shape index (κ3) is 11.7. The molecule has 0 unspecified atom stereocenters. The maximum atomic E-state index is 13.9. The van der Waals surface area contributed by atoms with Crippen molar-refractivity contribution in [2.24, 2.45) is 5.92 Å². The molecule has 4 amide bonds. The molecule has 0 fully saturated rings. The minimum absolute atomic E-state index is 0.0907. The topological polar surface area (TPSA) is 192 Å². The highest BCUT2D eigenvalue weighted by atomic mass is 16.6. The summed E-state index contributed by atoms with van der Waals surface area (Å²) in [6.07, 6.45) is 0.437. The summed E-state index contributed by atoms with van der Waals surface area (Å²) in [5, 5.41) is 31.7. The molecule has 0 saturated carbocycles. The van der Waals surface area contributed by atoms with E-state index in [2.05, 4.69) is 25.9 Å². The number of aromatic nitrogens is 2. The van der Waals surface area contributed by atoms with Crippen molar-refractivity contribution in [1.82, 2.24) is 30.8 Å². The molecule has 2 heterocycles. The predicted molar refractivity (Wildman–Crippen MR) is 187 cm³/mol. The summed E-state index contributed by atoms with van der Waals surface area (Å²) in [7, 11) is 1.59. The monoisotopic (exact) mass is 704 g/mol. The van der Waals surface area contributed by atoms with Crippen LogP contribution in [0.2, 0.25) is 0 Å². The van der Waals surface area contributed by atoms with Crippen molar-refractivity contribution in [2.45, 2.75) is 89.9 Å². The number of oxazole rings is 2. The molecule has 0 saturated heterocycles. The summed E-state index contributed by atoms with van der Waals surface area (Å²) in [5.74, 6) is 0.0859. The minimum atomic E-state index is -1.56. The van der Waals surface area contributed by atoms with Crippen molar-refractivity contribution in [1.29, 1.82) is 0 Å². The number of aliphatic hydroxyl groups excluding tert-OH is 2. The molecule has 0 aliphatic carbocycles. The zero-order valence-corrected chi connectivity index (χ0v) is 29.6. The van der Waals surface area contributed by atoms with E-state index in [4.69, 9.17) is 13.6 Å². The first-order chi connectivity index (χ1) is 24.4. The molecule has 51 heavy (non-hydrogen) atoms. The van der Waals surface area contributed by atoms with E-state index in [-0.39, 0.29) is 37.8 Å². The number of hydrogen-bond acceptors (Lipinski definition) is 10. The summed E-state index contributed by atoms with van der Waals surface area (Å²) in [5.41, 5.74) is 2.14. The van der Waals surface area contributed by atoms with Gasteiger partial charge in [0.15, 0.2) is 24.7 Å². The van der Waals surface area contributed by atoms with Crippen LogP contribution in [-0.4, -0.2) is 80.5 Å². The molecule has 274 valence electrons. The van der Waals surface area contributed by atoms with Crippen LogP contribution in [0.15, 0.2) is 88.4 Å². The Labute approximate surface area is 297 Å². The second kappa shape index (κ2) is 18.7. The van der Waals surface area contributed by atoms with Crippen LogP contribution in [0.5, 0.6) is 0 Å².